The fourth-order valence-electron chi connectivity index (χ4n) is 1.53. The second-order valence-corrected chi connectivity index (χ2v) is 4.72. The molecule has 0 bridgehead atoms. The molecule has 0 aromatic rings. The fourth-order valence-corrected chi connectivity index (χ4v) is 2.72. The number of hydrogen-bond donors (Lipinski definition) is 2. The molecule has 86 valence electrons. The Bertz CT molecular complexity index is 260. The van der Waals surface area contributed by atoms with E-state index < -0.39 is 12.0 Å². The molecule has 1 aliphatic rings. The smallest absolute Gasteiger partial charge is 0.327 e. The molecule has 1 saturated heterocycles. The summed E-state index contributed by atoms with van der Waals surface area (Å²) in [6.07, 6.45) is 0. The van der Waals surface area contributed by atoms with Gasteiger partial charge in [-0.1, -0.05) is 6.92 Å². The summed E-state index contributed by atoms with van der Waals surface area (Å²) in [5.74, 6) is -0.576. The van der Waals surface area contributed by atoms with Crippen molar-refractivity contribution in [2.24, 2.45) is 0 Å². The van der Waals surface area contributed by atoms with Crippen molar-refractivity contribution < 1.29 is 14.7 Å². The lowest BCUT2D eigenvalue weighted by molar-refractivity contribution is -0.148. The quantitative estimate of drug-likeness (QED) is 0.712. The van der Waals surface area contributed by atoms with Gasteiger partial charge in [-0.2, -0.15) is 0 Å². The summed E-state index contributed by atoms with van der Waals surface area (Å²) in [6.45, 7) is 4.69. The van der Waals surface area contributed by atoms with Crippen LogP contribution in [-0.4, -0.2) is 52.1 Å². The van der Waals surface area contributed by atoms with Crippen LogP contribution in [-0.2, 0) is 9.59 Å². The predicted molar refractivity (Wildman–Crippen MR) is 58.7 cm³/mol. The number of likely N-dealkylation sites (N-methyl/N-ethyl adjacent to an activating group) is 1. The van der Waals surface area contributed by atoms with Gasteiger partial charge >= 0.3 is 5.97 Å². The lowest BCUT2D eigenvalue weighted by Crippen LogP contribution is -2.48. The number of carbonyl (C=O) groups is 2. The number of aliphatic carboxylic acids is 1. The minimum atomic E-state index is -0.920. The van der Waals surface area contributed by atoms with E-state index in [0.29, 0.717) is 12.3 Å². The monoisotopic (exact) mass is 232 g/mol. The third-order valence-corrected chi connectivity index (χ3v) is 3.54. The number of carboxylic acid groups (broad SMARTS) is 1. The zero-order chi connectivity index (χ0) is 11.4. The number of thioether (sulfide) groups is 1. The lowest BCUT2D eigenvalue weighted by atomic mass is 10.2. The van der Waals surface area contributed by atoms with Crippen molar-refractivity contribution in [2.45, 2.75) is 25.3 Å². The molecule has 5 nitrogen and oxygen atoms in total. The third kappa shape index (κ3) is 2.85. The van der Waals surface area contributed by atoms with E-state index in [-0.39, 0.29) is 17.8 Å². The Morgan fingerprint density at radius 2 is 2.27 bits per heavy atom. The molecule has 1 fully saturated rings. The normalized spacial score (nSPS) is 25.6. The molecule has 0 aliphatic carbocycles. The van der Waals surface area contributed by atoms with Crippen LogP contribution in [0.1, 0.15) is 13.8 Å². The van der Waals surface area contributed by atoms with Crippen LogP contribution in [0.25, 0.3) is 0 Å². The summed E-state index contributed by atoms with van der Waals surface area (Å²) in [7, 11) is 0. The van der Waals surface area contributed by atoms with Gasteiger partial charge in [0.15, 0.2) is 0 Å². The molecule has 2 unspecified atom stereocenters. The van der Waals surface area contributed by atoms with E-state index in [4.69, 9.17) is 5.11 Å². The molecule has 0 saturated carbocycles. The van der Waals surface area contributed by atoms with Gasteiger partial charge in [0, 0.05) is 5.75 Å². The van der Waals surface area contributed by atoms with Gasteiger partial charge in [0.2, 0.25) is 5.91 Å². The lowest BCUT2D eigenvalue weighted by Gasteiger charge is -2.25. The molecule has 1 rings (SSSR count). The average Bonchev–Trinajstić information content (AvgIpc) is 2.56. The number of amides is 1. The first-order valence-electron chi connectivity index (χ1n) is 4.94. The Morgan fingerprint density at radius 1 is 1.60 bits per heavy atom. The summed E-state index contributed by atoms with van der Waals surface area (Å²) < 4.78 is 0. The molecule has 1 heterocycles. The summed E-state index contributed by atoms with van der Waals surface area (Å²) in [5.41, 5.74) is 0. The zero-order valence-electron chi connectivity index (χ0n) is 8.90. The second kappa shape index (κ2) is 5.37. The first kappa shape index (κ1) is 12.3. The average molecular weight is 232 g/mol. The first-order chi connectivity index (χ1) is 7.07. The van der Waals surface area contributed by atoms with E-state index >= 15 is 0 Å². The maximum atomic E-state index is 11.7. The highest BCUT2D eigenvalue weighted by molar-refractivity contribution is 8.00. The van der Waals surface area contributed by atoms with Gasteiger partial charge in [-0.25, -0.2) is 4.79 Å². The Hall–Kier alpha value is -0.750. The minimum absolute atomic E-state index is 0.0442. The maximum Gasteiger partial charge on any atom is 0.327 e. The number of nitrogens with one attached hydrogen (secondary N) is 1. The highest BCUT2D eigenvalue weighted by Crippen LogP contribution is 2.28. The van der Waals surface area contributed by atoms with Gasteiger partial charge in [-0.05, 0) is 13.5 Å². The Balaban J connectivity index is 2.63. The fraction of sp³-hybridized carbons (Fsp3) is 0.778. The maximum absolute atomic E-state index is 11.7. The molecule has 0 spiro atoms. The van der Waals surface area contributed by atoms with Gasteiger partial charge in [0.1, 0.15) is 6.04 Å². The topological polar surface area (TPSA) is 69.6 Å². The molecule has 0 aromatic carbocycles. The first-order valence-corrected chi connectivity index (χ1v) is 5.99. The van der Waals surface area contributed by atoms with E-state index in [1.165, 1.54) is 16.7 Å². The number of hydrogen-bond acceptors (Lipinski definition) is 4. The standard InChI is InChI=1S/C9H16N2O3S/c1-3-10-4-8(12)11-6(2)15-5-7(11)9(13)14/h6-7,10H,3-5H2,1-2H3,(H,13,14). The van der Waals surface area contributed by atoms with Crippen LogP contribution >= 0.6 is 11.8 Å². The van der Waals surface area contributed by atoms with Crippen LogP contribution in [0, 0.1) is 0 Å². The van der Waals surface area contributed by atoms with Crippen LogP contribution < -0.4 is 5.32 Å². The van der Waals surface area contributed by atoms with Crippen LogP contribution in [0.15, 0.2) is 0 Å². The second-order valence-electron chi connectivity index (χ2n) is 3.37. The number of carboxylic acids is 1. The zero-order valence-corrected chi connectivity index (χ0v) is 9.71. The van der Waals surface area contributed by atoms with Crippen molar-refractivity contribution in [3.8, 4) is 0 Å². The van der Waals surface area contributed by atoms with Crippen LogP contribution in [0.5, 0.6) is 0 Å². The van der Waals surface area contributed by atoms with Crippen LogP contribution in [0.2, 0.25) is 0 Å². The van der Waals surface area contributed by atoms with Crippen molar-refractivity contribution in [3.63, 3.8) is 0 Å². The highest BCUT2D eigenvalue weighted by Gasteiger charge is 2.38. The molecular formula is C9H16N2O3S. The van der Waals surface area contributed by atoms with Crippen molar-refractivity contribution >= 4 is 23.6 Å². The molecule has 1 amide bonds. The SMILES string of the molecule is CCNCC(=O)N1C(C)SCC1C(=O)O. The molecular weight excluding hydrogens is 216 g/mol. The van der Waals surface area contributed by atoms with Crippen LogP contribution in [0.4, 0.5) is 0 Å². The van der Waals surface area contributed by atoms with E-state index in [0.717, 1.165) is 0 Å². The van der Waals surface area contributed by atoms with Gasteiger partial charge in [0.25, 0.3) is 0 Å². The van der Waals surface area contributed by atoms with Gasteiger partial charge in [-0.3, -0.25) is 4.79 Å². The van der Waals surface area contributed by atoms with Gasteiger partial charge in [0.05, 0.1) is 11.9 Å². The summed E-state index contributed by atoms with van der Waals surface area (Å²) in [4.78, 5) is 24.1. The van der Waals surface area contributed by atoms with Crippen molar-refractivity contribution in [3.05, 3.63) is 0 Å². The Labute approximate surface area is 93.2 Å². The number of nitrogens with zero attached hydrogens (tertiary/aromatic N) is 1. The molecule has 6 heteroatoms. The van der Waals surface area contributed by atoms with Crippen molar-refractivity contribution in [2.75, 3.05) is 18.8 Å². The molecule has 2 atom stereocenters. The van der Waals surface area contributed by atoms with Gasteiger partial charge < -0.3 is 15.3 Å². The number of rotatable bonds is 4. The summed E-state index contributed by atoms with van der Waals surface area (Å²) in [5, 5.41) is 11.8. The third-order valence-electron chi connectivity index (χ3n) is 2.32. The van der Waals surface area contributed by atoms with E-state index in [1.807, 2.05) is 13.8 Å². The molecule has 1 aliphatic heterocycles. The van der Waals surface area contributed by atoms with E-state index in [2.05, 4.69) is 5.32 Å². The van der Waals surface area contributed by atoms with Crippen molar-refractivity contribution in [1.29, 1.82) is 0 Å². The number of carbonyl (C=O) groups excluding carboxylic acids is 1. The van der Waals surface area contributed by atoms with Crippen molar-refractivity contribution in [1.82, 2.24) is 10.2 Å². The van der Waals surface area contributed by atoms with E-state index in [9.17, 15) is 9.59 Å². The van der Waals surface area contributed by atoms with E-state index in [1.54, 1.807) is 0 Å². The molecule has 0 aromatic heterocycles. The molecule has 15 heavy (non-hydrogen) atoms. The molecule has 0 radical (unpaired) electrons. The minimum Gasteiger partial charge on any atom is -0.480 e. The Morgan fingerprint density at radius 3 is 2.80 bits per heavy atom. The predicted octanol–water partition coefficient (Wildman–Crippen LogP) is -0.0295. The summed E-state index contributed by atoms with van der Waals surface area (Å²) in [6, 6.07) is -0.670. The largest absolute Gasteiger partial charge is 0.480 e. The highest BCUT2D eigenvalue weighted by atomic mass is 32.2. The summed E-state index contributed by atoms with van der Waals surface area (Å²) >= 11 is 1.50. The Kier molecular flexibility index (Phi) is 4.41. The van der Waals surface area contributed by atoms with Crippen LogP contribution in [0.3, 0.4) is 0 Å². The van der Waals surface area contributed by atoms with Gasteiger partial charge in [-0.15, -0.1) is 11.8 Å². The molecule has 2 N–H and O–H groups in total.